The van der Waals surface area contributed by atoms with E-state index in [0.717, 1.165) is 35.1 Å². The van der Waals surface area contributed by atoms with Crippen LogP contribution in [0.2, 0.25) is 0 Å². The summed E-state index contributed by atoms with van der Waals surface area (Å²) in [6, 6.07) is 14.1. The van der Waals surface area contributed by atoms with Gasteiger partial charge in [0.05, 0.1) is 12.3 Å². The predicted molar refractivity (Wildman–Crippen MR) is 115 cm³/mol. The number of nitrogens with one attached hydrogen (secondary N) is 1. The zero-order chi connectivity index (χ0) is 18.4. The van der Waals surface area contributed by atoms with Crippen molar-refractivity contribution in [2.24, 2.45) is 0 Å². The molecule has 1 N–H and O–H groups in total. The lowest BCUT2D eigenvalue weighted by Gasteiger charge is -2.17. The Bertz CT molecular complexity index is 855. The van der Waals surface area contributed by atoms with Crippen LogP contribution in [0.3, 0.4) is 0 Å². The van der Waals surface area contributed by atoms with E-state index in [1.54, 1.807) is 6.33 Å². The van der Waals surface area contributed by atoms with Crippen LogP contribution in [0.4, 0.5) is 5.82 Å². The molecule has 0 saturated carbocycles. The first-order valence-corrected chi connectivity index (χ1v) is 8.88. The van der Waals surface area contributed by atoms with Gasteiger partial charge in [0.1, 0.15) is 17.9 Å². The van der Waals surface area contributed by atoms with Crippen LogP contribution in [0.5, 0.6) is 5.75 Å². The smallest absolute Gasteiger partial charge is 0.129 e. The molecule has 0 saturated heterocycles. The fourth-order valence-corrected chi connectivity index (χ4v) is 2.77. The average molecular weight is 383 g/mol. The van der Waals surface area contributed by atoms with Gasteiger partial charge in [-0.25, -0.2) is 9.97 Å². The molecule has 2 heterocycles. The van der Waals surface area contributed by atoms with Crippen molar-refractivity contribution in [3.63, 3.8) is 0 Å². The summed E-state index contributed by atoms with van der Waals surface area (Å²) >= 11 is 0. The van der Waals surface area contributed by atoms with Gasteiger partial charge < -0.3 is 10.1 Å². The normalized spacial score (nSPS) is 11.4. The summed E-state index contributed by atoms with van der Waals surface area (Å²) in [5.41, 5.74) is 4.02. The molecule has 0 aliphatic heterocycles. The number of ether oxygens (including phenoxy) is 1. The Balaban J connectivity index is 0.00000261. The topological polar surface area (TPSA) is 59.9 Å². The van der Waals surface area contributed by atoms with E-state index < -0.39 is 0 Å². The van der Waals surface area contributed by atoms with Crippen molar-refractivity contribution in [1.82, 2.24) is 15.0 Å². The second-order valence-corrected chi connectivity index (χ2v) is 6.23. The lowest BCUT2D eigenvalue weighted by Crippen LogP contribution is -2.12. The monoisotopic (exact) mass is 382 g/mol. The van der Waals surface area contributed by atoms with Crippen LogP contribution in [-0.4, -0.2) is 28.1 Å². The molecule has 0 amide bonds. The number of nitrogens with zero attached hydrogens (tertiary/aromatic N) is 3. The maximum atomic E-state index is 5.74. The average Bonchev–Trinajstić information content (AvgIpc) is 2.68. The third kappa shape index (κ3) is 5.44. The third-order valence-electron chi connectivity index (χ3n) is 4.21. The van der Waals surface area contributed by atoms with Crippen molar-refractivity contribution in [1.29, 1.82) is 0 Å². The second kappa shape index (κ2) is 9.92. The van der Waals surface area contributed by atoms with Gasteiger partial charge in [-0.05, 0) is 37.6 Å². The van der Waals surface area contributed by atoms with Crippen LogP contribution >= 0.6 is 13.5 Å². The van der Waals surface area contributed by atoms with Gasteiger partial charge in [-0.15, -0.1) is 0 Å². The van der Waals surface area contributed by atoms with Crippen molar-refractivity contribution in [3.05, 3.63) is 66.2 Å². The predicted octanol–water partition coefficient (Wildman–Crippen LogP) is 4.57. The highest BCUT2D eigenvalue weighted by molar-refractivity contribution is 7.59. The summed E-state index contributed by atoms with van der Waals surface area (Å²) in [7, 11) is 0. The first kappa shape index (κ1) is 20.7. The number of hydrogen-bond donors (Lipinski definition) is 1. The molecule has 0 unspecified atom stereocenters. The fraction of sp³-hybridized carbons (Fsp3) is 0.286. The molecule has 2 aromatic heterocycles. The van der Waals surface area contributed by atoms with Crippen LogP contribution in [0.1, 0.15) is 31.0 Å². The lowest BCUT2D eigenvalue weighted by atomic mass is 10.00. The Labute approximate surface area is 167 Å². The van der Waals surface area contributed by atoms with E-state index in [2.05, 4.69) is 33.3 Å². The molecule has 0 spiro atoms. The van der Waals surface area contributed by atoms with Gasteiger partial charge in [-0.1, -0.05) is 25.1 Å². The first-order valence-electron chi connectivity index (χ1n) is 8.88. The highest BCUT2D eigenvalue weighted by atomic mass is 32.1. The molecule has 6 heteroatoms. The number of aryl methyl sites for hydroxylation is 1. The molecular formula is C21H26N4OS. The van der Waals surface area contributed by atoms with Crippen LogP contribution in [0.25, 0.3) is 11.3 Å². The molecule has 5 nitrogen and oxygen atoms in total. The van der Waals surface area contributed by atoms with Gasteiger partial charge >= 0.3 is 0 Å². The molecule has 0 radical (unpaired) electrons. The van der Waals surface area contributed by atoms with E-state index in [4.69, 9.17) is 4.74 Å². The molecule has 0 aliphatic carbocycles. The minimum Gasteiger partial charge on any atom is -0.494 e. The second-order valence-electron chi connectivity index (χ2n) is 6.23. The summed E-state index contributed by atoms with van der Waals surface area (Å²) in [5.74, 6) is 2.03. The lowest BCUT2D eigenvalue weighted by molar-refractivity contribution is 0.335. The maximum absolute atomic E-state index is 5.74. The largest absolute Gasteiger partial charge is 0.494 e. The molecule has 1 atom stereocenters. The molecule has 142 valence electrons. The summed E-state index contributed by atoms with van der Waals surface area (Å²) in [6.45, 7) is 7.57. The zero-order valence-electron chi connectivity index (χ0n) is 15.9. The van der Waals surface area contributed by atoms with E-state index in [1.165, 1.54) is 5.56 Å². The Kier molecular flexibility index (Phi) is 7.61. The van der Waals surface area contributed by atoms with E-state index >= 15 is 0 Å². The number of anilines is 1. The van der Waals surface area contributed by atoms with E-state index in [0.29, 0.717) is 6.61 Å². The molecule has 0 fully saturated rings. The van der Waals surface area contributed by atoms with Crippen molar-refractivity contribution in [2.45, 2.75) is 26.7 Å². The van der Waals surface area contributed by atoms with Gasteiger partial charge in [0.2, 0.25) is 0 Å². The molecule has 27 heavy (non-hydrogen) atoms. The Hall–Kier alpha value is -2.60. The summed E-state index contributed by atoms with van der Waals surface area (Å²) in [5, 5.41) is 3.41. The van der Waals surface area contributed by atoms with Crippen molar-refractivity contribution < 1.29 is 4.74 Å². The minimum absolute atomic E-state index is 0. The Morgan fingerprint density at radius 3 is 2.63 bits per heavy atom. The van der Waals surface area contributed by atoms with E-state index in [-0.39, 0.29) is 19.4 Å². The minimum atomic E-state index is 0. The van der Waals surface area contributed by atoms with Crippen LogP contribution < -0.4 is 10.1 Å². The van der Waals surface area contributed by atoms with Crippen molar-refractivity contribution in [3.8, 4) is 17.0 Å². The van der Waals surface area contributed by atoms with Crippen molar-refractivity contribution in [2.75, 3.05) is 18.5 Å². The summed E-state index contributed by atoms with van der Waals surface area (Å²) < 4.78 is 5.74. The van der Waals surface area contributed by atoms with Crippen molar-refractivity contribution >= 4 is 19.3 Å². The summed E-state index contributed by atoms with van der Waals surface area (Å²) in [6.07, 6.45) is 3.42. The van der Waals surface area contributed by atoms with Gasteiger partial charge in [-0.3, -0.25) is 4.98 Å². The number of rotatable bonds is 7. The molecule has 1 aromatic carbocycles. The number of pyridine rings is 1. The number of aromatic nitrogens is 3. The molecule has 0 bridgehead atoms. The number of para-hydroxylation sites is 1. The van der Waals surface area contributed by atoms with E-state index in [9.17, 15) is 0 Å². The quantitative estimate of drug-likeness (QED) is 0.648. The molecule has 0 aliphatic rings. The Morgan fingerprint density at radius 2 is 1.89 bits per heavy atom. The molecule has 3 aromatic rings. The van der Waals surface area contributed by atoms with Gasteiger partial charge in [0.15, 0.2) is 0 Å². The number of hydrogen-bond acceptors (Lipinski definition) is 5. The number of benzene rings is 1. The fourth-order valence-electron chi connectivity index (χ4n) is 2.77. The highest BCUT2D eigenvalue weighted by Gasteiger charge is 2.11. The van der Waals surface area contributed by atoms with E-state index in [1.807, 2.05) is 56.4 Å². The molecular weight excluding hydrogens is 356 g/mol. The van der Waals surface area contributed by atoms with Gasteiger partial charge in [0.25, 0.3) is 0 Å². The third-order valence-corrected chi connectivity index (χ3v) is 4.21. The molecule has 3 rings (SSSR count). The van der Waals surface area contributed by atoms with Gasteiger partial charge in [-0.2, -0.15) is 13.5 Å². The van der Waals surface area contributed by atoms with Crippen LogP contribution in [-0.2, 0) is 0 Å². The maximum Gasteiger partial charge on any atom is 0.129 e. The Morgan fingerprint density at radius 1 is 1.07 bits per heavy atom. The van der Waals surface area contributed by atoms with Crippen LogP contribution in [0.15, 0.2) is 55.0 Å². The first-order chi connectivity index (χ1) is 12.7. The van der Waals surface area contributed by atoms with Crippen LogP contribution in [0, 0.1) is 6.92 Å². The van der Waals surface area contributed by atoms with Gasteiger partial charge in [0, 0.05) is 36.0 Å². The SMILES string of the molecule is CCOc1ccccc1[C@H](C)CNc1cc(-c2ccc(C)nc2)ncn1.S. The highest BCUT2D eigenvalue weighted by Crippen LogP contribution is 2.27. The summed E-state index contributed by atoms with van der Waals surface area (Å²) in [4.78, 5) is 13.0. The zero-order valence-corrected chi connectivity index (χ0v) is 16.9. The standard InChI is InChI=1S/C21H24N4O.H2S/c1-4-26-20-8-6-5-7-18(20)15(2)12-23-21-11-19(24-14-25-21)17-10-9-16(3)22-13-17;/h5-11,13-15H,4,12H2,1-3H3,(H,23,24,25);1H2/t15-;/m1./s1.